The number of sulfonamides is 1. The summed E-state index contributed by atoms with van der Waals surface area (Å²) in [6.45, 7) is 1.94. The van der Waals surface area contributed by atoms with Crippen molar-refractivity contribution in [1.29, 1.82) is 0 Å². The lowest BCUT2D eigenvalue weighted by Crippen LogP contribution is -2.12. The third-order valence-corrected chi connectivity index (χ3v) is 4.42. The molecule has 2 rings (SSSR count). The molecule has 2 N–H and O–H groups in total. The van der Waals surface area contributed by atoms with E-state index in [1.165, 1.54) is 0 Å². The number of carbonyl (C=O) groups is 1. The Balaban J connectivity index is 2.02. The molecule has 2 aromatic rings. The van der Waals surface area contributed by atoms with Crippen LogP contribution in [-0.4, -0.2) is 26.1 Å². The van der Waals surface area contributed by atoms with Gasteiger partial charge in [-0.2, -0.15) is 0 Å². The van der Waals surface area contributed by atoms with E-state index < -0.39 is 16.0 Å². The molecule has 0 bridgehead atoms. The van der Waals surface area contributed by atoms with Crippen LogP contribution in [0.1, 0.15) is 12.0 Å². The van der Waals surface area contributed by atoms with Crippen molar-refractivity contribution in [2.45, 2.75) is 18.2 Å². The van der Waals surface area contributed by atoms with E-state index in [1.54, 1.807) is 48.5 Å². The third-order valence-electron chi connectivity index (χ3n) is 3.02. The van der Waals surface area contributed by atoms with Crippen LogP contribution in [0.2, 0.25) is 0 Å². The molecule has 7 heteroatoms. The Hall–Kier alpha value is -2.54. The first kappa shape index (κ1) is 16.8. The molecule has 122 valence electrons. The van der Waals surface area contributed by atoms with E-state index in [1.807, 2.05) is 6.92 Å². The molecule has 0 fully saturated rings. The number of ether oxygens (including phenoxy) is 1. The van der Waals surface area contributed by atoms with E-state index in [-0.39, 0.29) is 17.9 Å². The average Bonchev–Trinajstić information content (AvgIpc) is 2.49. The molecule has 0 heterocycles. The van der Waals surface area contributed by atoms with E-state index >= 15 is 0 Å². The van der Waals surface area contributed by atoms with Crippen molar-refractivity contribution in [3.8, 4) is 5.75 Å². The van der Waals surface area contributed by atoms with Gasteiger partial charge in [-0.1, -0.05) is 17.7 Å². The summed E-state index contributed by atoms with van der Waals surface area (Å²) in [5.41, 5.74) is 1.38. The molecule has 0 unspecified atom stereocenters. The van der Waals surface area contributed by atoms with E-state index in [0.29, 0.717) is 11.4 Å². The van der Waals surface area contributed by atoms with Crippen LogP contribution in [-0.2, 0) is 14.8 Å². The predicted octanol–water partition coefficient (Wildman–Crippen LogP) is 2.65. The maximum Gasteiger partial charge on any atom is 0.306 e. The number of nitrogens with one attached hydrogen (secondary N) is 1. The number of hydrogen-bond donors (Lipinski definition) is 2. The van der Waals surface area contributed by atoms with Gasteiger partial charge in [-0.3, -0.25) is 9.52 Å². The highest BCUT2D eigenvalue weighted by atomic mass is 32.2. The Kier molecular flexibility index (Phi) is 5.23. The largest absolute Gasteiger partial charge is 0.493 e. The zero-order valence-corrected chi connectivity index (χ0v) is 13.3. The molecule has 0 aliphatic rings. The Morgan fingerprint density at radius 3 is 2.26 bits per heavy atom. The van der Waals surface area contributed by atoms with Gasteiger partial charge in [-0.15, -0.1) is 0 Å². The fourth-order valence-corrected chi connectivity index (χ4v) is 2.87. The summed E-state index contributed by atoms with van der Waals surface area (Å²) in [4.78, 5) is 10.6. The van der Waals surface area contributed by atoms with Crippen LogP contribution in [0.15, 0.2) is 53.4 Å². The van der Waals surface area contributed by atoms with Crippen LogP contribution < -0.4 is 9.46 Å². The van der Waals surface area contributed by atoms with Crippen LogP contribution in [0, 0.1) is 6.92 Å². The SMILES string of the molecule is Cc1ccc(S(=O)(=O)Nc2ccc(OCCC(=O)O)cc2)cc1. The zero-order chi connectivity index (χ0) is 16.9. The normalized spacial score (nSPS) is 11.0. The first-order valence-electron chi connectivity index (χ1n) is 6.91. The molecule has 0 atom stereocenters. The van der Waals surface area contributed by atoms with E-state index in [2.05, 4.69) is 4.72 Å². The van der Waals surface area contributed by atoms with Crippen molar-refractivity contribution in [1.82, 2.24) is 0 Å². The molecule has 0 amide bonds. The first-order chi connectivity index (χ1) is 10.9. The van der Waals surface area contributed by atoms with Crippen molar-refractivity contribution in [3.05, 3.63) is 54.1 Å². The van der Waals surface area contributed by atoms with Gasteiger partial charge in [0.2, 0.25) is 0 Å². The fraction of sp³-hybridized carbons (Fsp3) is 0.188. The van der Waals surface area contributed by atoms with Gasteiger partial charge in [0.25, 0.3) is 10.0 Å². The standard InChI is InChI=1S/C16H17NO5S/c1-12-2-8-15(9-3-12)23(20,21)17-13-4-6-14(7-5-13)22-11-10-16(18)19/h2-9,17H,10-11H2,1H3,(H,18,19). The molecular weight excluding hydrogens is 318 g/mol. The molecule has 0 aliphatic carbocycles. The molecule has 0 saturated carbocycles. The first-order valence-corrected chi connectivity index (χ1v) is 8.39. The monoisotopic (exact) mass is 335 g/mol. The van der Waals surface area contributed by atoms with Gasteiger partial charge >= 0.3 is 5.97 Å². The number of rotatable bonds is 7. The Morgan fingerprint density at radius 2 is 1.70 bits per heavy atom. The number of carboxylic acid groups (broad SMARTS) is 1. The quantitative estimate of drug-likeness (QED) is 0.811. The van der Waals surface area contributed by atoms with Crippen molar-refractivity contribution < 1.29 is 23.1 Å². The maximum atomic E-state index is 12.2. The van der Waals surface area contributed by atoms with Gasteiger partial charge in [0.15, 0.2) is 0 Å². The molecule has 0 spiro atoms. The smallest absolute Gasteiger partial charge is 0.306 e. The van der Waals surface area contributed by atoms with Crippen LogP contribution in [0.25, 0.3) is 0 Å². The van der Waals surface area contributed by atoms with Crippen molar-refractivity contribution >= 4 is 21.7 Å². The number of benzene rings is 2. The zero-order valence-electron chi connectivity index (χ0n) is 12.5. The molecule has 0 saturated heterocycles. The van der Waals surface area contributed by atoms with Crippen molar-refractivity contribution in [2.24, 2.45) is 0 Å². The second-order valence-electron chi connectivity index (χ2n) is 4.94. The summed E-state index contributed by atoms with van der Waals surface area (Å²) in [5.74, 6) is -0.461. The molecule has 2 aromatic carbocycles. The summed E-state index contributed by atoms with van der Waals surface area (Å²) in [6, 6.07) is 12.8. The molecule has 6 nitrogen and oxygen atoms in total. The molecule has 23 heavy (non-hydrogen) atoms. The minimum Gasteiger partial charge on any atom is -0.493 e. The molecule has 0 radical (unpaired) electrons. The van der Waals surface area contributed by atoms with Gasteiger partial charge in [0, 0.05) is 5.69 Å². The molecular formula is C16H17NO5S. The average molecular weight is 335 g/mol. The lowest BCUT2D eigenvalue weighted by atomic mass is 10.2. The highest BCUT2D eigenvalue weighted by molar-refractivity contribution is 7.92. The summed E-state index contributed by atoms with van der Waals surface area (Å²) < 4.78 is 32.2. The topological polar surface area (TPSA) is 92.7 Å². The van der Waals surface area contributed by atoms with Gasteiger partial charge in [0.1, 0.15) is 5.75 Å². The lowest BCUT2D eigenvalue weighted by molar-refractivity contribution is -0.137. The number of anilines is 1. The van der Waals surface area contributed by atoms with Gasteiger partial charge < -0.3 is 9.84 Å². The lowest BCUT2D eigenvalue weighted by Gasteiger charge is -2.09. The summed E-state index contributed by atoms with van der Waals surface area (Å²) >= 11 is 0. The predicted molar refractivity (Wildman–Crippen MR) is 86.2 cm³/mol. The van der Waals surface area contributed by atoms with Crippen molar-refractivity contribution in [3.63, 3.8) is 0 Å². The van der Waals surface area contributed by atoms with Gasteiger partial charge in [-0.05, 0) is 43.3 Å². The molecule has 0 aromatic heterocycles. The minimum absolute atomic E-state index is 0.0593. The number of carboxylic acids is 1. The number of hydrogen-bond acceptors (Lipinski definition) is 4. The fourth-order valence-electron chi connectivity index (χ4n) is 1.81. The highest BCUT2D eigenvalue weighted by Crippen LogP contribution is 2.20. The Morgan fingerprint density at radius 1 is 1.09 bits per heavy atom. The van der Waals surface area contributed by atoms with Crippen molar-refractivity contribution in [2.75, 3.05) is 11.3 Å². The minimum atomic E-state index is -3.64. The van der Waals surface area contributed by atoms with E-state index in [0.717, 1.165) is 5.56 Å². The number of aliphatic carboxylic acids is 1. The highest BCUT2D eigenvalue weighted by Gasteiger charge is 2.13. The van der Waals surface area contributed by atoms with Gasteiger partial charge in [0.05, 0.1) is 17.9 Å². The molecule has 0 aliphatic heterocycles. The van der Waals surface area contributed by atoms with Gasteiger partial charge in [-0.25, -0.2) is 8.42 Å². The Labute approximate surface area is 134 Å². The second kappa shape index (κ2) is 7.15. The number of aryl methyl sites for hydroxylation is 1. The third kappa shape index (κ3) is 5.00. The van der Waals surface area contributed by atoms with E-state index in [9.17, 15) is 13.2 Å². The summed E-state index contributed by atoms with van der Waals surface area (Å²) in [6.07, 6.45) is -0.0954. The van der Waals surface area contributed by atoms with Crippen LogP contribution in [0.4, 0.5) is 5.69 Å². The van der Waals surface area contributed by atoms with Crippen LogP contribution >= 0.6 is 0 Å². The van der Waals surface area contributed by atoms with E-state index in [4.69, 9.17) is 9.84 Å². The van der Waals surface area contributed by atoms with Crippen LogP contribution in [0.3, 0.4) is 0 Å². The Bertz CT molecular complexity index is 767. The summed E-state index contributed by atoms with van der Waals surface area (Å²) in [7, 11) is -3.64. The second-order valence-corrected chi connectivity index (χ2v) is 6.62. The van der Waals surface area contributed by atoms with Crippen LogP contribution in [0.5, 0.6) is 5.75 Å². The maximum absolute atomic E-state index is 12.2. The summed E-state index contributed by atoms with van der Waals surface area (Å²) in [5, 5.41) is 8.53.